The number of carbonyl (C=O) groups is 1. The van der Waals surface area contributed by atoms with Crippen molar-refractivity contribution in [3.63, 3.8) is 0 Å². The highest BCUT2D eigenvalue weighted by Crippen LogP contribution is 2.32. The highest BCUT2D eigenvalue weighted by molar-refractivity contribution is 5.91. The monoisotopic (exact) mass is 282 g/mol. The fourth-order valence-corrected chi connectivity index (χ4v) is 1.61. The van der Waals surface area contributed by atoms with Crippen molar-refractivity contribution < 1.29 is 22.7 Å². The fraction of sp³-hybridized carbons (Fsp3) is 0.0769. The molecule has 4 nitrogen and oxygen atoms in total. The van der Waals surface area contributed by atoms with Crippen LogP contribution in [0.3, 0.4) is 0 Å². The molecule has 0 spiro atoms. The number of benzene rings is 1. The predicted molar refractivity (Wildman–Crippen MR) is 64.9 cm³/mol. The Morgan fingerprint density at radius 3 is 2.45 bits per heavy atom. The van der Waals surface area contributed by atoms with Crippen molar-refractivity contribution in [2.24, 2.45) is 5.73 Å². The van der Waals surface area contributed by atoms with Crippen LogP contribution < -0.4 is 10.5 Å². The van der Waals surface area contributed by atoms with Gasteiger partial charge in [0, 0.05) is 5.56 Å². The first-order valence-electron chi connectivity index (χ1n) is 5.49. The van der Waals surface area contributed by atoms with Crippen LogP contribution in [0.5, 0.6) is 5.75 Å². The number of hydrogen-bond donors (Lipinski definition) is 1. The van der Waals surface area contributed by atoms with E-state index in [9.17, 15) is 18.0 Å². The molecule has 1 heterocycles. The molecule has 2 N–H and O–H groups in total. The first kappa shape index (κ1) is 13.9. The number of hydrogen-bond acceptors (Lipinski definition) is 3. The molecular weight excluding hydrogens is 273 g/mol. The first-order valence-corrected chi connectivity index (χ1v) is 5.49. The van der Waals surface area contributed by atoms with E-state index in [1.807, 2.05) is 0 Å². The minimum atomic E-state index is -4.81. The molecular formula is C13H9F3N2O2. The topological polar surface area (TPSA) is 65.2 Å². The van der Waals surface area contributed by atoms with E-state index in [2.05, 4.69) is 9.72 Å². The third-order valence-corrected chi connectivity index (χ3v) is 2.39. The van der Waals surface area contributed by atoms with E-state index >= 15 is 0 Å². The molecule has 2 aromatic rings. The van der Waals surface area contributed by atoms with Crippen molar-refractivity contribution in [2.75, 3.05) is 0 Å². The zero-order valence-electron chi connectivity index (χ0n) is 10.0. The largest absolute Gasteiger partial charge is 0.573 e. The summed E-state index contributed by atoms with van der Waals surface area (Å²) in [5.41, 5.74) is 5.34. The average molecular weight is 282 g/mol. The van der Waals surface area contributed by atoms with Gasteiger partial charge in [-0.2, -0.15) is 0 Å². The Balaban J connectivity index is 2.47. The minimum absolute atomic E-state index is 0.0377. The molecule has 0 saturated carbocycles. The van der Waals surface area contributed by atoms with E-state index in [0.717, 1.165) is 0 Å². The van der Waals surface area contributed by atoms with Gasteiger partial charge in [0.05, 0.1) is 5.69 Å². The lowest BCUT2D eigenvalue weighted by Crippen LogP contribution is -2.18. The lowest BCUT2D eigenvalue weighted by atomic mass is 10.1. The zero-order valence-corrected chi connectivity index (χ0v) is 10.0. The maximum atomic E-state index is 12.3. The summed E-state index contributed by atoms with van der Waals surface area (Å²) in [4.78, 5) is 15.0. The van der Waals surface area contributed by atoms with Gasteiger partial charge in [0.25, 0.3) is 5.91 Å². The van der Waals surface area contributed by atoms with Crippen LogP contribution in [0.1, 0.15) is 10.5 Å². The van der Waals surface area contributed by atoms with Gasteiger partial charge in [0.15, 0.2) is 0 Å². The highest BCUT2D eigenvalue weighted by Gasteiger charge is 2.32. The van der Waals surface area contributed by atoms with Gasteiger partial charge in [-0.1, -0.05) is 18.2 Å². The molecule has 0 fully saturated rings. The Morgan fingerprint density at radius 1 is 1.10 bits per heavy atom. The van der Waals surface area contributed by atoms with Crippen LogP contribution in [-0.4, -0.2) is 17.3 Å². The van der Waals surface area contributed by atoms with Crippen LogP contribution in [-0.2, 0) is 0 Å². The molecule has 0 radical (unpaired) electrons. The van der Waals surface area contributed by atoms with Crippen molar-refractivity contribution in [3.05, 3.63) is 48.2 Å². The second-order valence-electron chi connectivity index (χ2n) is 3.82. The number of nitrogens with two attached hydrogens (primary N) is 1. The molecule has 104 valence electrons. The molecule has 0 aliphatic carbocycles. The molecule has 0 bridgehead atoms. The number of rotatable bonds is 3. The molecule has 0 atom stereocenters. The molecule has 0 aliphatic rings. The Kier molecular flexibility index (Phi) is 3.60. The highest BCUT2D eigenvalue weighted by atomic mass is 19.4. The van der Waals surface area contributed by atoms with Crippen LogP contribution in [0.15, 0.2) is 42.5 Å². The Bertz CT molecular complexity index is 642. The SMILES string of the molecule is NC(=O)c1cccc(-c2ccccc2OC(F)(F)F)n1. The molecule has 0 aliphatic heterocycles. The molecule has 0 unspecified atom stereocenters. The number of ether oxygens (including phenoxy) is 1. The van der Waals surface area contributed by atoms with Gasteiger partial charge >= 0.3 is 6.36 Å². The van der Waals surface area contributed by atoms with Crippen LogP contribution in [0.25, 0.3) is 11.3 Å². The smallest absolute Gasteiger partial charge is 0.405 e. The van der Waals surface area contributed by atoms with Crippen LogP contribution in [0.4, 0.5) is 13.2 Å². The Hall–Kier alpha value is -2.57. The number of carbonyl (C=O) groups excluding carboxylic acids is 1. The zero-order chi connectivity index (χ0) is 14.8. The third-order valence-electron chi connectivity index (χ3n) is 2.39. The van der Waals surface area contributed by atoms with E-state index < -0.39 is 18.0 Å². The fourth-order valence-electron chi connectivity index (χ4n) is 1.61. The predicted octanol–water partition coefficient (Wildman–Crippen LogP) is 2.75. The van der Waals surface area contributed by atoms with Gasteiger partial charge in [0.2, 0.25) is 0 Å². The normalized spacial score (nSPS) is 11.2. The summed E-state index contributed by atoms with van der Waals surface area (Å²) in [6.45, 7) is 0. The maximum Gasteiger partial charge on any atom is 0.573 e. The van der Waals surface area contributed by atoms with E-state index in [-0.39, 0.29) is 17.0 Å². The van der Waals surface area contributed by atoms with E-state index in [1.54, 1.807) is 0 Å². The van der Waals surface area contributed by atoms with Crippen LogP contribution in [0.2, 0.25) is 0 Å². The van der Waals surface area contributed by atoms with Crippen molar-refractivity contribution in [3.8, 4) is 17.0 Å². The summed E-state index contributed by atoms with van der Waals surface area (Å²) in [6, 6.07) is 9.84. The molecule has 1 aromatic carbocycles. The van der Waals surface area contributed by atoms with E-state index in [0.29, 0.717) is 0 Å². The van der Waals surface area contributed by atoms with Crippen molar-refractivity contribution in [2.45, 2.75) is 6.36 Å². The van der Waals surface area contributed by atoms with Gasteiger partial charge in [-0.15, -0.1) is 13.2 Å². The number of pyridine rings is 1. The molecule has 1 amide bonds. The number of amides is 1. The number of alkyl halides is 3. The average Bonchev–Trinajstić information content (AvgIpc) is 2.37. The molecule has 2 rings (SSSR count). The van der Waals surface area contributed by atoms with Crippen molar-refractivity contribution in [1.29, 1.82) is 0 Å². The summed E-state index contributed by atoms with van der Waals surface area (Å²) in [5, 5.41) is 0. The molecule has 20 heavy (non-hydrogen) atoms. The number of para-hydroxylation sites is 1. The summed E-state index contributed by atoms with van der Waals surface area (Å²) < 4.78 is 40.9. The van der Waals surface area contributed by atoms with E-state index in [4.69, 9.17) is 5.73 Å². The number of halogens is 3. The molecule has 0 saturated heterocycles. The van der Waals surface area contributed by atoms with Gasteiger partial charge in [-0.05, 0) is 24.3 Å². The Labute approximate surface area is 112 Å². The van der Waals surface area contributed by atoms with Gasteiger partial charge in [-0.3, -0.25) is 4.79 Å². The number of primary amides is 1. The standard InChI is InChI=1S/C13H9F3N2O2/c14-13(15,16)20-11-7-2-1-4-8(11)9-5-3-6-10(18-9)12(17)19/h1-7H,(H2,17,19). The lowest BCUT2D eigenvalue weighted by Gasteiger charge is -2.12. The second kappa shape index (κ2) is 5.20. The Morgan fingerprint density at radius 2 is 1.80 bits per heavy atom. The van der Waals surface area contributed by atoms with Gasteiger partial charge in [0.1, 0.15) is 11.4 Å². The van der Waals surface area contributed by atoms with Gasteiger partial charge < -0.3 is 10.5 Å². The number of nitrogens with zero attached hydrogens (tertiary/aromatic N) is 1. The third kappa shape index (κ3) is 3.25. The molecule has 7 heteroatoms. The van der Waals surface area contributed by atoms with Gasteiger partial charge in [-0.25, -0.2) is 4.98 Å². The minimum Gasteiger partial charge on any atom is -0.405 e. The van der Waals surface area contributed by atoms with Crippen LogP contribution in [0, 0.1) is 0 Å². The summed E-state index contributed by atoms with van der Waals surface area (Å²) >= 11 is 0. The van der Waals surface area contributed by atoms with Crippen LogP contribution >= 0.6 is 0 Å². The summed E-state index contributed by atoms with van der Waals surface area (Å²) in [6.07, 6.45) is -4.81. The van der Waals surface area contributed by atoms with Crippen molar-refractivity contribution in [1.82, 2.24) is 4.98 Å². The molecule has 1 aromatic heterocycles. The summed E-state index contributed by atoms with van der Waals surface area (Å²) in [5.74, 6) is -1.16. The van der Waals surface area contributed by atoms with E-state index in [1.165, 1.54) is 42.5 Å². The first-order chi connectivity index (χ1) is 9.37. The summed E-state index contributed by atoms with van der Waals surface area (Å²) in [7, 11) is 0. The lowest BCUT2D eigenvalue weighted by molar-refractivity contribution is -0.274. The van der Waals surface area contributed by atoms with Crippen molar-refractivity contribution >= 4 is 5.91 Å². The second-order valence-corrected chi connectivity index (χ2v) is 3.82. The number of aromatic nitrogens is 1. The quantitative estimate of drug-likeness (QED) is 0.941. The maximum absolute atomic E-state index is 12.3.